The van der Waals surface area contributed by atoms with Crippen molar-refractivity contribution in [3.8, 4) is 44.5 Å². The fraction of sp³-hybridized carbons (Fsp3) is 0.0508. The third-order valence-corrected chi connectivity index (χ3v) is 14.3. The molecule has 2 aliphatic carbocycles. The average molecular weight is 795 g/mol. The molecule has 0 radical (unpaired) electrons. The highest BCUT2D eigenvalue weighted by Crippen LogP contribution is 2.53. The lowest BCUT2D eigenvalue weighted by Gasteiger charge is -2.24. The Labute approximate surface area is 357 Å². The molecule has 61 heavy (non-hydrogen) atoms. The third kappa shape index (κ3) is 5.13. The van der Waals surface area contributed by atoms with Gasteiger partial charge >= 0.3 is 0 Å². The summed E-state index contributed by atoms with van der Waals surface area (Å²) >= 11 is 1.91. The fourth-order valence-electron chi connectivity index (χ4n) is 10.7. The van der Waals surface area contributed by atoms with Crippen LogP contribution in [0.3, 0.4) is 0 Å². The molecule has 2 heteroatoms. The van der Waals surface area contributed by atoms with Crippen LogP contribution >= 0.6 is 11.3 Å². The zero-order valence-corrected chi connectivity index (χ0v) is 34.2. The second-order valence-corrected chi connectivity index (χ2v) is 17.5. The number of benzene rings is 9. The predicted octanol–water partition coefficient (Wildman–Crippen LogP) is 17.3. The molecule has 2 heterocycles. The zero-order chi connectivity index (χ0) is 40.0. The van der Waals surface area contributed by atoms with Crippen molar-refractivity contribution < 1.29 is 4.42 Å². The van der Waals surface area contributed by atoms with Gasteiger partial charge < -0.3 is 4.42 Å². The minimum atomic E-state index is 0.896. The summed E-state index contributed by atoms with van der Waals surface area (Å²) in [6.07, 6.45) is 16.5. The molecule has 0 saturated carbocycles. The van der Waals surface area contributed by atoms with Crippen molar-refractivity contribution in [2.45, 2.75) is 19.3 Å². The van der Waals surface area contributed by atoms with E-state index in [0.29, 0.717) is 0 Å². The van der Waals surface area contributed by atoms with Crippen molar-refractivity contribution in [1.82, 2.24) is 0 Å². The summed E-state index contributed by atoms with van der Waals surface area (Å²) in [4.78, 5) is 0. The summed E-state index contributed by atoms with van der Waals surface area (Å²) in [5, 5.41) is 11.4. The van der Waals surface area contributed by atoms with Crippen LogP contribution in [0.5, 0.6) is 0 Å². The van der Waals surface area contributed by atoms with E-state index in [1.165, 1.54) is 114 Å². The summed E-state index contributed by atoms with van der Waals surface area (Å²) < 4.78 is 9.14. The maximum Gasteiger partial charge on any atom is 0.136 e. The molecule has 0 aliphatic heterocycles. The molecule has 0 unspecified atom stereocenters. The third-order valence-electron chi connectivity index (χ3n) is 13.1. The van der Waals surface area contributed by atoms with E-state index in [1.807, 2.05) is 11.3 Å². The summed E-state index contributed by atoms with van der Waals surface area (Å²) in [6.45, 7) is 0. The number of thiophene rings is 1. The van der Waals surface area contributed by atoms with Crippen LogP contribution in [0.4, 0.5) is 0 Å². The Bertz CT molecular complexity index is 3660. The molecule has 0 bridgehead atoms. The smallest absolute Gasteiger partial charge is 0.136 e. The molecule has 0 fully saturated rings. The van der Waals surface area contributed by atoms with Gasteiger partial charge in [-0.25, -0.2) is 0 Å². The largest absolute Gasteiger partial charge is 0.456 e. The summed E-state index contributed by atoms with van der Waals surface area (Å²) in [5.74, 6) is 0.924. The maximum absolute atomic E-state index is 6.53. The van der Waals surface area contributed by atoms with Gasteiger partial charge in [-0.15, -0.1) is 11.3 Å². The van der Waals surface area contributed by atoms with E-state index in [0.717, 1.165) is 36.2 Å². The molecule has 0 saturated heterocycles. The first-order chi connectivity index (χ1) is 30.3. The molecule has 13 rings (SSSR count). The predicted molar refractivity (Wildman–Crippen MR) is 263 cm³/mol. The van der Waals surface area contributed by atoms with E-state index in [4.69, 9.17) is 4.42 Å². The minimum absolute atomic E-state index is 0.896. The van der Waals surface area contributed by atoms with Crippen molar-refractivity contribution in [1.29, 1.82) is 0 Å². The standard InChI is InChI=1S/C59H38OS/c1-3-18-36(19-4-1)53-37-20-7-9-22-39(37)55(40-23-10-8-21-38(40)53)47-30-16-34-51-58(47)59-48(31-17-35-52(59)61-51)56-43-26-13-11-24-41(43)54(42-25-12-14-27-44(42)56)46-29-15-33-50-57(46)45-28-5-2-6-32-49(45)60-50/h1,3-7,9-20,22-35H,2,8,21H2. The molecular weight excluding hydrogens is 757 g/mol. The van der Waals surface area contributed by atoms with Crippen molar-refractivity contribution in [2.75, 3.05) is 0 Å². The van der Waals surface area contributed by atoms with Gasteiger partial charge in [0.1, 0.15) is 11.3 Å². The van der Waals surface area contributed by atoms with Crippen LogP contribution in [0.1, 0.15) is 35.3 Å². The summed E-state index contributed by atoms with van der Waals surface area (Å²) in [5.41, 5.74) is 15.2. The van der Waals surface area contributed by atoms with Gasteiger partial charge in [0.2, 0.25) is 0 Å². The lowest BCUT2D eigenvalue weighted by molar-refractivity contribution is 0.603. The molecule has 2 aliphatic rings. The molecule has 0 N–H and O–H groups in total. The Kier molecular flexibility index (Phi) is 7.73. The van der Waals surface area contributed by atoms with Gasteiger partial charge in [0, 0.05) is 31.1 Å². The van der Waals surface area contributed by atoms with Gasteiger partial charge in [-0.05, 0) is 131 Å². The van der Waals surface area contributed by atoms with Crippen LogP contribution in [0.15, 0.2) is 180 Å². The van der Waals surface area contributed by atoms with Crippen LogP contribution in [0.25, 0.3) is 126 Å². The highest BCUT2D eigenvalue weighted by atomic mass is 32.1. The lowest BCUT2D eigenvalue weighted by Crippen LogP contribution is -2.02. The first kappa shape index (κ1) is 34.6. The van der Waals surface area contributed by atoms with Gasteiger partial charge in [0.15, 0.2) is 0 Å². The topological polar surface area (TPSA) is 13.1 Å². The second kappa shape index (κ2) is 13.6. The van der Waals surface area contributed by atoms with Crippen LogP contribution in [-0.2, 0) is 6.42 Å². The highest BCUT2D eigenvalue weighted by molar-refractivity contribution is 7.26. The molecule has 1 nitrogen and oxygen atoms in total. The van der Waals surface area contributed by atoms with Crippen molar-refractivity contribution in [3.63, 3.8) is 0 Å². The molecule has 0 spiro atoms. The normalized spacial score (nSPS) is 13.5. The van der Waals surface area contributed by atoms with Crippen LogP contribution in [-0.4, -0.2) is 0 Å². The van der Waals surface area contributed by atoms with E-state index in [1.54, 1.807) is 0 Å². The van der Waals surface area contributed by atoms with Crippen LogP contribution < -0.4 is 0 Å². The molecule has 9 aromatic carbocycles. The molecule has 0 amide bonds. The Morgan fingerprint density at radius 1 is 0.393 bits per heavy atom. The number of allylic oxidation sites excluding steroid dienone is 3. The average Bonchev–Trinajstić information content (AvgIpc) is 3.80. The quantitative estimate of drug-likeness (QED) is 0.162. The highest BCUT2D eigenvalue weighted by Gasteiger charge is 2.26. The van der Waals surface area contributed by atoms with E-state index in [2.05, 4.69) is 194 Å². The van der Waals surface area contributed by atoms with E-state index in [9.17, 15) is 0 Å². The Morgan fingerprint density at radius 3 is 1.54 bits per heavy atom. The van der Waals surface area contributed by atoms with E-state index >= 15 is 0 Å². The van der Waals surface area contributed by atoms with Gasteiger partial charge in [-0.3, -0.25) is 0 Å². The molecule has 0 atom stereocenters. The zero-order valence-electron chi connectivity index (χ0n) is 33.4. The Morgan fingerprint density at radius 2 is 0.902 bits per heavy atom. The van der Waals surface area contributed by atoms with Gasteiger partial charge in [-0.2, -0.15) is 0 Å². The number of furan rings is 1. The number of hydrogen-bond donors (Lipinski definition) is 0. The van der Waals surface area contributed by atoms with Crippen molar-refractivity contribution >= 4 is 93.0 Å². The minimum Gasteiger partial charge on any atom is -0.456 e. The number of rotatable bonds is 4. The first-order valence-corrected chi connectivity index (χ1v) is 22.2. The summed E-state index contributed by atoms with van der Waals surface area (Å²) in [7, 11) is 0. The van der Waals surface area contributed by atoms with E-state index in [-0.39, 0.29) is 0 Å². The first-order valence-electron chi connectivity index (χ1n) is 21.4. The number of hydrogen-bond acceptors (Lipinski definition) is 2. The van der Waals surface area contributed by atoms with E-state index < -0.39 is 0 Å². The maximum atomic E-state index is 6.53. The molecule has 2 aromatic heterocycles. The van der Waals surface area contributed by atoms with Gasteiger partial charge in [0.05, 0.1) is 0 Å². The Balaban J connectivity index is 1.14. The molecule has 11 aromatic rings. The summed E-state index contributed by atoms with van der Waals surface area (Å²) in [6, 6.07) is 58.7. The monoisotopic (exact) mass is 794 g/mol. The lowest BCUT2D eigenvalue weighted by atomic mass is 9.79. The van der Waals surface area contributed by atoms with Gasteiger partial charge in [0.25, 0.3) is 0 Å². The molecular formula is C59H38OS. The van der Waals surface area contributed by atoms with Crippen LogP contribution in [0.2, 0.25) is 0 Å². The second-order valence-electron chi connectivity index (χ2n) is 16.4. The fourth-order valence-corrected chi connectivity index (χ4v) is 11.9. The SMILES string of the molecule is C1=Cc2oc3cccc(-c4c5ccccc5c(-c5cccc6sc7cccc(-c8c9c(c(-c%10ccccc%10)c%10ccccc8%10)CCC=C9)c7c56)c5ccccc45)c3c2C=CC1. The Hall–Kier alpha value is -7.26. The van der Waals surface area contributed by atoms with Crippen molar-refractivity contribution in [2.24, 2.45) is 0 Å². The number of fused-ring (bicyclic) bond motifs is 10. The van der Waals surface area contributed by atoms with Crippen molar-refractivity contribution in [3.05, 3.63) is 198 Å². The van der Waals surface area contributed by atoms with Crippen LogP contribution in [0, 0.1) is 0 Å². The molecule has 286 valence electrons. The van der Waals surface area contributed by atoms with Gasteiger partial charge in [-0.1, -0.05) is 170 Å².